The molecule has 0 aliphatic carbocycles. The standard InChI is InChI=1S/C24H27FN2O4/c1-15(2)31-19-11-7-17(8-12-19)22(28)20-21(16-5-9-18(25)10-6-16)27(14-13-26(3)4)24(30)23(20)29/h5-12,15,21,28H,13-14H2,1-4H3/p+1/t21-/m1/s1. The average Bonchev–Trinajstić information content (AvgIpc) is 2.97. The first kappa shape index (κ1) is 22.5. The molecule has 2 aromatic carbocycles. The number of hydrogen-bond acceptors (Lipinski definition) is 4. The summed E-state index contributed by atoms with van der Waals surface area (Å²) in [5.41, 5.74) is 0.970. The van der Waals surface area contributed by atoms with Crippen LogP contribution < -0.4 is 9.64 Å². The Hall–Kier alpha value is -3.19. The fraction of sp³-hybridized carbons (Fsp3) is 0.333. The highest BCUT2D eigenvalue weighted by atomic mass is 19.1. The summed E-state index contributed by atoms with van der Waals surface area (Å²) < 4.78 is 19.1. The van der Waals surface area contributed by atoms with E-state index in [9.17, 15) is 19.1 Å². The zero-order valence-electron chi connectivity index (χ0n) is 18.2. The van der Waals surface area contributed by atoms with Crippen molar-refractivity contribution in [2.45, 2.75) is 26.0 Å². The molecule has 2 aromatic rings. The van der Waals surface area contributed by atoms with Crippen molar-refractivity contribution in [3.63, 3.8) is 0 Å². The Kier molecular flexibility index (Phi) is 6.75. The van der Waals surface area contributed by atoms with Crippen molar-refractivity contribution in [1.29, 1.82) is 0 Å². The Labute approximate surface area is 181 Å². The SMILES string of the molecule is CC(C)Oc1ccc(C(O)=C2C(=O)C(=O)N(CC[NH+](C)C)[C@@H]2c2ccc(F)cc2)cc1. The van der Waals surface area contributed by atoms with Crippen molar-refractivity contribution in [2.75, 3.05) is 27.2 Å². The number of likely N-dealkylation sites (tertiary alicyclic amines) is 1. The van der Waals surface area contributed by atoms with Gasteiger partial charge in [-0.1, -0.05) is 12.1 Å². The maximum absolute atomic E-state index is 13.5. The van der Waals surface area contributed by atoms with Gasteiger partial charge in [0.25, 0.3) is 11.7 Å². The molecule has 3 rings (SSSR count). The van der Waals surface area contributed by atoms with Gasteiger partial charge in [0.2, 0.25) is 0 Å². The van der Waals surface area contributed by atoms with Gasteiger partial charge in [0, 0.05) is 5.56 Å². The number of carbonyl (C=O) groups is 2. The van der Waals surface area contributed by atoms with Gasteiger partial charge in [-0.2, -0.15) is 0 Å². The highest BCUT2D eigenvalue weighted by Gasteiger charge is 2.46. The summed E-state index contributed by atoms with van der Waals surface area (Å²) in [6, 6.07) is 11.5. The van der Waals surface area contributed by atoms with Crippen LogP contribution in [0.2, 0.25) is 0 Å². The maximum Gasteiger partial charge on any atom is 0.295 e. The van der Waals surface area contributed by atoms with Crippen LogP contribution in [0.3, 0.4) is 0 Å². The number of halogens is 1. The summed E-state index contributed by atoms with van der Waals surface area (Å²) in [6.45, 7) is 4.76. The zero-order chi connectivity index (χ0) is 22.7. The van der Waals surface area contributed by atoms with Gasteiger partial charge >= 0.3 is 0 Å². The number of benzene rings is 2. The molecule has 1 aliphatic rings. The van der Waals surface area contributed by atoms with E-state index in [-0.39, 0.29) is 17.4 Å². The number of amides is 1. The normalized spacial score (nSPS) is 18.3. The lowest BCUT2D eigenvalue weighted by molar-refractivity contribution is -0.857. The first-order chi connectivity index (χ1) is 14.7. The van der Waals surface area contributed by atoms with Gasteiger partial charge in [-0.25, -0.2) is 4.39 Å². The Morgan fingerprint density at radius 1 is 1.10 bits per heavy atom. The molecule has 0 spiro atoms. The lowest BCUT2D eigenvalue weighted by atomic mass is 9.95. The van der Waals surface area contributed by atoms with E-state index in [0.717, 1.165) is 4.90 Å². The number of hydrogen-bond donors (Lipinski definition) is 2. The molecule has 0 radical (unpaired) electrons. The molecule has 0 saturated carbocycles. The van der Waals surface area contributed by atoms with Crippen LogP contribution in [0, 0.1) is 5.82 Å². The van der Waals surface area contributed by atoms with Gasteiger partial charge in [0.05, 0.1) is 44.9 Å². The van der Waals surface area contributed by atoms with Crippen molar-refractivity contribution in [3.8, 4) is 5.75 Å². The molecule has 1 amide bonds. The van der Waals surface area contributed by atoms with Gasteiger partial charge in [-0.05, 0) is 55.8 Å². The van der Waals surface area contributed by atoms with Crippen molar-refractivity contribution in [1.82, 2.24) is 4.90 Å². The molecule has 6 nitrogen and oxygen atoms in total. The second-order valence-corrected chi connectivity index (χ2v) is 8.19. The quantitative estimate of drug-likeness (QED) is 0.404. The molecule has 31 heavy (non-hydrogen) atoms. The minimum atomic E-state index is -0.786. The molecule has 7 heteroatoms. The second-order valence-electron chi connectivity index (χ2n) is 8.19. The summed E-state index contributed by atoms with van der Waals surface area (Å²) in [7, 11) is 3.90. The van der Waals surface area contributed by atoms with Gasteiger partial charge < -0.3 is 19.6 Å². The number of carbonyl (C=O) groups excluding carboxylic acids is 2. The highest BCUT2D eigenvalue weighted by molar-refractivity contribution is 6.46. The largest absolute Gasteiger partial charge is 0.507 e. The molecule has 164 valence electrons. The monoisotopic (exact) mass is 427 g/mol. The van der Waals surface area contributed by atoms with E-state index in [2.05, 4.69) is 0 Å². The number of quaternary nitrogens is 1. The lowest BCUT2D eigenvalue weighted by Crippen LogP contribution is -3.06. The summed E-state index contributed by atoms with van der Waals surface area (Å²) in [4.78, 5) is 28.3. The molecule has 1 saturated heterocycles. The Morgan fingerprint density at radius 2 is 1.71 bits per heavy atom. The average molecular weight is 427 g/mol. The molecule has 1 fully saturated rings. The minimum absolute atomic E-state index is 0.00192. The summed E-state index contributed by atoms with van der Waals surface area (Å²) in [5.74, 6) is -1.46. The number of nitrogens with zero attached hydrogens (tertiary/aromatic N) is 1. The van der Waals surface area contributed by atoms with E-state index in [0.29, 0.717) is 30.0 Å². The molecule has 1 atom stereocenters. The highest BCUT2D eigenvalue weighted by Crippen LogP contribution is 2.39. The van der Waals surface area contributed by atoms with Crippen LogP contribution in [-0.4, -0.2) is 55.0 Å². The molecule has 2 N–H and O–H groups in total. The van der Waals surface area contributed by atoms with E-state index >= 15 is 0 Å². The molecular formula is C24H28FN2O4+. The van der Waals surface area contributed by atoms with Crippen LogP contribution in [0.15, 0.2) is 54.1 Å². The van der Waals surface area contributed by atoms with Crippen LogP contribution in [0.4, 0.5) is 4.39 Å². The topological polar surface area (TPSA) is 71.3 Å². The Balaban J connectivity index is 2.06. The number of nitrogens with one attached hydrogen (secondary N) is 1. The van der Waals surface area contributed by atoms with Crippen LogP contribution >= 0.6 is 0 Å². The number of rotatable bonds is 7. The number of likely N-dealkylation sites (N-methyl/N-ethyl adjacent to an activating group) is 1. The fourth-order valence-corrected chi connectivity index (χ4v) is 3.57. The molecule has 1 aliphatic heterocycles. The van der Waals surface area contributed by atoms with Gasteiger partial charge in [-0.3, -0.25) is 9.59 Å². The number of ether oxygens (including phenoxy) is 1. The minimum Gasteiger partial charge on any atom is -0.507 e. The molecule has 0 unspecified atom stereocenters. The predicted octanol–water partition coefficient (Wildman–Crippen LogP) is 2.18. The van der Waals surface area contributed by atoms with Crippen molar-refractivity contribution >= 4 is 17.4 Å². The summed E-state index contributed by atoms with van der Waals surface area (Å²) in [6.07, 6.45) is 0.00192. The summed E-state index contributed by atoms with van der Waals surface area (Å²) in [5, 5.41) is 11.0. The molecule has 0 aromatic heterocycles. The number of Topliss-reactive ketones (excluding diaryl/α,β-unsaturated/α-hetero) is 1. The van der Waals surface area contributed by atoms with Crippen LogP contribution in [-0.2, 0) is 9.59 Å². The number of aliphatic hydroxyl groups is 1. The van der Waals surface area contributed by atoms with Gasteiger partial charge in [0.1, 0.15) is 17.3 Å². The van der Waals surface area contributed by atoms with Crippen LogP contribution in [0.1, 0.15) is 31.0 Å². The maximum atomic E-state index is 13.5. The van der Waals surface area contributed by atoms with Gasteiger partial charge in [-0.15, -0.1) is 0 Å². The first-order valence-corrected chi connectivity index (χ1v) is 10.3. The lowest BCUT2D eigenvalue weighted by Gasteiger charge is -2.25. The predicted molar refractivity (Wildman–Crippen MR) is 115 cm³/mol. The van der Waals surface area contributed by atoms with E-state index in [1.807, 2.05) is 27.9 Å². The third kappa shape index (κ3) is 4.94. The Morgan fingerprint density at radius 3 is 2.26 bits per heavy atom. The fourth-order valence-electron chi connectivity index (χ4n) is 3.57. The summed E-state index contributed by atoms with van der Waals surface area (Å²) >= 11 is 0. The number of ketones is 1. The van der Waals surface area contributed by atoms with Crippen molar-refractivity contribution < 1.29 is 28.7 Å². The van der Waals surface area contributed by atoms with E-state index in [1.165, 1.54) is 29.2 Å². The smallest absolute Gasteiger partial charge is 0.295 e. The van der Waals surface area contributed by atoms with Crippen LogP contribution in [0.25, 0.3) is 5.76 Å². The van der Waals surface area contributed by atoms with E-state index < -0.39 is 23.5 Å². The van der Waals surface area contributed by atoms with Crippen molar-refractivity contribution in [3.05, 3.63) is 71.0 Å². The van der Waals surface area contributed by atoms with E-state index in [1.54, 1.807) is 24.3 Å². The third-order valence-corrected chi connectivity index (χ3v) is 5.08. The zero-order valence-corrected chi connectivity index (χ0v) is 18.2. The molecule has 0 bridgehead atoms. The van der Waals surface area contributed by atoms with Crippen LogP contribution in [0.5, 0.6) is 5.75 Å². The van der Waals surface area contributed by atoms with Crippen molar-refractivity contribution in [2.24, 2.45) is 0 Å². The molecule has 1 heterocycles. The van der Waals surface area contributed by atoms with E-state index in [4.69, 9.17) is 4.74 Å². The third-order valence-electron chi connectivity index (χ3n) is 5.08. The first-order valence-electron chi connectivity index (χ1n) is 10.3. The molecular weight excluding hydrogens is 399 g/mol. The van der Waals surface area contributed by atoms with Gasteiger partial charge in [0.15, 0.2) is 0 Å². The Bertz CT molecular complexity index is 982. The second kappa shape index (κ2) is 9.31. The number of aliphatic hydroxyl groups excluding tert-OH is 1.